The van der Waals surface area contributed by atoms with Gasteiger partial charge in [0.05, 0.1) is 11.4 Å². The Morgan fingerprint density at radius 1 is 1.38 bits per heavy atom. The van der Waals surface area contributed by atoms with E-state index in [-0.39, 0.29) is 17.6 Å². The fourth-order valence-corrected chi connectivity index (χ4v) is 5.25. The Morgan fingerprint density at radius 3 is 2.75 bits per heavy atom. The maximum Gasteiger partial charge on any atom is 0.410 e. The summed E-state index contributed by atoms with van der Waals surface area (Å²) in [6.07, 6.45) is 6.96. The smallest absolute Gasteiger partial charge is 0.410 e. The number of anilines is 2. The number of carbonyl (C=O) groups excluding carboxylic acids is 1. The predicted molar refractivity (Wildman–Crippen MR) is 125 cm³/mol. The number of rotatable bonds is 3. The summed E-state index contributed by atoms with van der Waals surface area (Å²) in [4.78, 5) is 16.3. The molecular formula is C25H36N4O3. The van der Waals surface area contributed by atoms with E-state index in [1.807, 2.05) is 26.8 Å². The highest BCUT2D eigenvalue weighted by atomic mass is 16.6. The van der Waals surface area contributed by atoms with Gasteiger partial charge in [0.15, 0.2) is 0 Å². The van der Waals surface area contributed by atoms with Crippen molar-refractivity contribution in [3.63, 3.8) is 0 Å². The van der Waals surface area contributed by atoms with Crippen molar-refractivity contribution in [1.29, 1.82) is 5.26 Å². The number of fused-ring (bicyclic) bond motifs is 1. The fraction of sp³-hybridized carbons (Fsp3) is 0.680. The van der Waals surface area contributed by atoms with E-state index in [9.17, 15) is 10.1 Å². The van der Waals surface area contributed by atoms with E-state index >= 15 is 0 Å². The van der Waals surface area contributed by atoms with Gasteiger partial charge in [-0.1, -0.05) is 0 Å². The molecule has 7 nitrogen and oxygen atoms in total. The van der Waals surface area contributed by atoms with Crippen molar-refractivity contribution in [3.8, 4) is 11.8 Å². The van der Waals surface area contributed by atoms with Gasteiger partial charge in [-0.15, -0.1) is 0 Å². The van der Waals surface area contributed by atoms with Crippen molar-refractivity contribution in [2.75, 3.05) is 37.3 Å². The highest BCUT2D eigenvalue weighted by Crippen LogP contribution is 2.49. The molecule has 2 heterocycles. The molecule has 174 valence electrons. The molecular weight excluding hydrogens is 404 g/mol. The molecule has 1 aliphatic carbocycles. The molecule has 0 aromatic heterocycles. The van der Waals surface area contributed by atoms with E-state index in [4.69, 9.17) is 15.2 Å². The number of amides is 1. The number of nitriles is 1. The number of ether oxygens (including phenoxy) is 2. The number of nitrogens with zero attached hydrogens (tertiary/aromatic N) is 3. The van der Waals surface area contributed by atoms with Crippen LogP contribution in [0.5, 0.6) is 5.75 Å². The van der Waals surface area contributed by atoms with Crippen LogP contribution in [0.1, 0.15) is 70.4 Å². The number of piperidine rings is 1. The highest BCUT2D eigenvalue weighted by Gasteiger charge is 2.43. The minimum atomic E-state index is -0.513. The maximum atomic E-state index is 12.4. The zero-order valence-electron chi connectivity index (χ0n) is 19.9. The third-order valence-electron chi connectivity index (χ3n) is 6.98. The van der Waals surface area contributed by atoms with Gasteiger partial charge in [0, 0.05) is 26.7 Å². The first kappa shape index (κ1) is 22.6. The molecule has 2 aliphatic heterocycles. The molecule has 2 N–H and O–H groups in total. The SMILES string of the molecule is CN(C[C@@H]1CCCN(c2c(N)cc3c(c2C#N)OC2(CCC2)CC3)C1)C(=O)OC(C)(C)C. The third-order valence-corrected chi connectivity index (χ3v) is 6.98. The Labute approximate surface area is 191 Å². The van der Waals surface area contributed by atoms with Crippen molar-refractivity contribution < 1.29 is 14.3 Å². The standard InChI is InChI=1S/C25H36N4O3/c1-24(2,3)32-23(30)28(4)15-17-7-5-12-29(16-17)21-19(14-26)22-18(13-20(21)27)8-11-25(31-22)9-6-10-25/h13,17H,5-12,15-16,27H2,1-4H3/t17-/m0/s1. The molecule has 0 unspecified atom stereocenters. The summed E-state index contributed by atoms with van der Waals surface area (Å²) in [6.45, 7) is 7.82. The Bertz CT molecular complexity index is 927. The Kier molecular flexibility index (Phi) is 5.91. The van der Waals surface area contributed by atoms with E-state index in [2.05, 4.69) is 11.0 Å². The summed E-state index contributed by atoms with van der Waals surface area (Å²) in [5.41, 5.74) is 8.98. The molecule has 1 saturated heterocycles. The van der Waals surface area contributed by atoms with E-state index in [1.165, 1.54) is 6.42 Å². The molecule has 7 heteroatoms. The molecule has 1 spiro atoms. The fourth-order valence-electron chi connectivity index (χ4n) is 5.25. The predicted octanol–water partition coefficient (Wildman–Crippen LogP) is 4.47. The number of hydrogen-bond acceptors (Lipinski definition) is 6. The average Bonchev–Trinajstić information content (AvgIpc) is 2.70. The molecule has 2 fully saturated rings. The van der Waals surface area contributed by atoms with Gasteiger partial charge in [-0.3, -0.25) is 0 Å². The van der Waals surface area contributed by atoms with Gasteiger partial charge >= 0.3 is 6.09 Å². The van der Waals surface area contributed by atoms with Gasteiger partial charge in [-0.05, 0) is 83.3 Å². The molecule has 1 aromatic rings. The van der Waals surface area contributed by atoms with Crippen LogP contribution in [0.15, 0.2) is 6.07 Å². The molecule has 1 aromatic carbocycles. The van der Waals surface area contributed by atoms with Crippen molar-refractivity contribution in [1.82, 2.24) is 4.90 Å². The first-order valence-corrected chi connectivity index (χ1v) is 11.8. The normalized spacial score (nSPS) is 21.7. The molecule has 1 amide bonds. The lowest BCUT2D eigenvalue weighted by atomic mass is 9.74. The number of hydrogen-bond donors (Lipinski definition) is 1. The number of benzene rings is 1. The quantitative estimate of drug-likeness (QED) is 0.697. The highest BCUT2D eigenvalue weighted by molar-refractivity contribution is 5.80. The van der Waals surface area contributed by atoms with Crippen molar-refractivity contribution in [2.24, 2.45) is 5.92 Å². The van der Waals surface area contributed by atoms with Crippen molar-refractivity contribution in [3.05, 3.63) is 17.2 Å². The lowest BCUT2D eigenvalue weighted by Gasteiger charge is -2.46. The Morgan fingerprint density at radius 2 is 2.12 bits per heavy atom. The summed E-state index contributed by atoms with van der Waals surface area (Å²) in [6, 6.07) is 4.42. The number of nitrogens with two attached hydrogens (primary N) is 1. The summed E-state index contributed by atoms with van der Waals surface area (Å²) < 4.78 is 12.0. The molecule has 3 aliphatic rings. The van der Waals surface area contributed by atoms with Crippen LogP contribution in [0.4, 0.5) is 16.2 Å². The number of nitrogen functional groups attached to an aromatic ring is 1. The zero-order chi connectivity index (χ0) is 23.1. The van der Waals surface area contributed by atoms with E-state index < -0.39 is 5.60 Å². The number of carbonyl (C=O) groups is 1. The van der Waals surface area contributed by atoms with Gasteiger partial charge in [0.1, 0.15) is 28.6 Å². The van der Waals surface area contributed by atoms with Crippen LogP contribution >= 0.6 is 0 Å². The molecule has 32 heavy (non-hydrogen) atoms. The van der Waals surface area contributed by atoms with Crippen LogP contribution in [0.3, 0.4) is 0 Å². The number of aryl methyl sites for hydroxylation is 1. The lowest BCUT2D eigenvalue weighted by molar-refractivity contribution is -0.0251. The first-order valence-electron chi connectivity index (χ1n) is 11.8. The second kappa shape index (κ2) is 8.38. The van der Waals surface area contributed by atoms with Gasteiger partial charge in [-0.25, -0.2) is 4.79 Å². The van der Waals surface area contributed by atoms with Crippen LogP contribution in [0.25, 0.3) is 0 Å². The van der Waals surface area contributed by atoms with Crippen LogP contribution in [0, 0.1) is 17.2 Å². The van der Waals surface area contributed by atoms with Gasteiger partial charge in [0.25, 0.3) is 0 Å². The lowest BCUT2D eigenvalue weighted by Crippen LogP contribution is -2.46. The second-order valence-electron chi connectivity index (χ2n) is 10.7. The summed E-state index contributed by atoms with van der Waals surface area (Å²) in [5.74, 6) is 1.03. The molecule has 1 saturated carbocycles. The monoisotopic (exact) mass is 440 g/mol. The van der Waals surface area contributed by atoms with Crippen molar-refractivity contribution in [2.45, 2.75) is 76.9 Å². The molecule has 0 radical (unpaired) electrons. The summed E-state index contributed by atoms with van der Waals surface area (Å²) in [5, 5.41) is 10.1. The zero-order valence-corrected chi connectivity index (χ0v) is 19.9. The van der Waals surface area contributed by atoms with Gasteiger partial charge in [0.2, 0.25) is 0 Å². The Hall–Kier alpha value is -2.62. The van der Waals surface area contributed by atoms with E-state index in [1.54, 1.807) is 11.9 Å². The van der Waals surface area contributed by atoms with Gasteiger partial charge < -0.3 is 25.0 Å². The Balaban J connectivity index is 1.53. The molecule has 0 bridgehead atoms. The maximum absolute atomic E-state index is 12.4. The average molecular weight is 441 g/mol. The summed E-state index contributed by atoms with van der Waals surface area (Å²) >= 11 is 0. The topological polar surface area (TPSA) is 91.8 Å². The minimum Gasteiger partial charge on any atom is -0.486 e. The van der Waals surface area contributed by atoms with E-state index in [0.29, 0.717) is 17.8 Å². The first-order chi connectivity index (χ1) is 15.1. The molecule has 4 rings (SSSR count). The largest absolute Gasteiger partial charge is 0.486 e. The third kappa shape index (κ3) is 4.46. The van der Waals surface area contributed by atoms with E-state index in [0.717, 1.165) is 68.6 Å². The van der Waals surface area contributed by atoms with Crippen LogP contribution in [-0.2, 0) is 11.2 Å². The minimum absolute atomic E-state index is 0.0768. The van der Waals surface area contributed by atoms with Crippen LogP contribution in [0.2, 0.25) is 0 Å². The van der Waals surface area contributed by atoms with Crippen LogP contribution in [-0.4, -0.2) is 48.9 Å². The molecule has 1 atom stereocenters. The second-order valence-corrected chi connectivity index (χ2v) is 10.7. The van der Waals surface area contributed by atoms with Gasteiger partial charge in [-0.2, -0.15) is 5.26 Å². The summed E-state index contributed by atoms with van der Waals surface area (Å²) in [7, 11) is 1.78. The van der Waals surface area contributed by atoms with Crippen molar-refractivity contribution >= 4 is 17.5 Å². The van der Waals surface area contributed by atoms with Crippen LogP contribution < -0.4 is 15.4 Å².